The summed E-state index contributed by atoms with van der Waals surface area (Å²) in [7, 11) is 0. The molecule has 2 N–H and O–H groups in total. The first kappa shape index (κ1) is 10.5. The molecule has 2 fully saturated rings. The largest absolute Gasteiger partial charge is 0.481 e. The van der Waals surface area contributed by atoms with E-state index in [1.807, 2.05) is 0 Å². The molecule has 0 saturated heterocycles. The predicted octanol–water partition coefficient (Wildman–Crippen LogP) is 0.869. The maximum absolute atomic E-state index is 11.6. The zero-order valence-corrected chi connectivity index (χ0v) is 8.90. The summed E-state index contributed by atoms with van der Waals surface area (Å²) in [5.74, 6) is 0.426. The molecule has 2 aliphatic carbocycles. The number of aliphatic carboxylic acids is 1. The van der Waals surface area contributed by atoms with Crippen LogP contribution in [0, 0.1) is 23.7 Å². The van der Waals surface area contributed by atoms with Crippen LogP contribution in [0.1, 0.15) is 26.2 Å². The lowest BCUT2D eigenvalue weighted by Gasteiger charge is -2.13. The SMILES string of the molecule is CC(CNC(=O)C1CC2CC2C1)C(=O)O. The number of amides is 1. The van der Waals surface area contributed by atoms with Gasteiger partial charge in [-0.3, -0.25) is 9.59 Å². The Labute approximate surface area is 89.0 Å². The Morgan fingerprint density at radius 3 is 2.47 bits per heavy atom. The molecule has 0 aromatic carbocycles. The van der Waals surface area contributed by atoms with Crippen LogP contribution in [-0.2, 0) is 9.59 Å². The fourth-order valence-corrected chi connectivity index (χ4v) is 2.41. The molecule has 2 rings (SSSR count). The molecule has 0 spiro atoms. The molecular weight excluding hydrogens is 194 g/mol. The Morgan fingerprint density at radius 2 is 1.93 bits per heavy atom. The summed E-state index contributed by atoms with van der Waals surface area (Å²) < 4.78 is 0. The Bertz CT molecular complexity index is 280. The van der Waals surface area contributed by atoms with E-state index in [0.717, 1.165) is 24.7 Å². The van der Waals surface area contributed by atoms with Crippen LogP contribution in [0.2, 0.25) is 0 Å². The van der Waals surface area contributed by atoms with Gasteiger partial charge in [0.2, 0.25) is 5.91 Å². The van der Waals surface area contributed by atoms with Gasteiger partial charge in [0.1, 0.15) is 0 Å². The topological polar surface area (TPSA) is 66.4 Å². The third-order valence-electron chi connectivity index (χ3n) is 3.62. The van der Waals surface area contributed by atoms with E-state index >= 15 is 0 Å². The second-order valence-electron chi connectivity index (χ2n) is 4.91. The molecule has 15 heavy (non-hydrogen) atoms. The van der Waals surface area contributed by atoms with E-state index in [9.17, 15) is 9.59 Å². The lowest BCUT2D eigenvalue weighted by atomic mass is 10.0. The number of carboxylic acid groups (broad SMARTS) is 1. The molecule has 3 unspecified atom stereocenters. The second kappa shape index (κ2) is 3.83. The molecule has 0 aromatic rings. The van der Waals surface area contributed by atoms with Gasteiger partial charge in [0.15, 0.2) is 0 Å². The van der Waals surface area contributed by atoms with Crippen molar-refractivity contribution in [1.82, 2.24) is 5.32 Å². The van der Waals surface area contributed by atoms with Gasteiger partial charge in [-0.25, -0.2) is 0 Å². The second-order valence-corrected chi connectivity index (χ2v) is 4.91. The van der Waals surface area contributed by atoms with Gasteiger partial charge in [0.25, 0.3) is 0 Å². The number of carbonyl (C=O) groups is 2. The molecule has 2 saturated carbocycles. The van der Waals surface area contributed by atoms with Gasteiger partial charge in [-0.2, -0.15) is 0 Å². The zero-order valence-electron chi connectivity index (χ0n) is 8.90. The minimum Gasteiger partial charge on any atom is -0.481 e. The number of rotatable bonds is 4. The molecule has 84 valence electrons. The van der Waals surface area contributed by atoms with Gasteiger partial charge in [0, 0.05) is 12.5 Å². The first-order valence-electron chi connectivity index (χ1n) is 5.58. The van der Waals surface area contributed by atoms with Crippen molar-refractivity contribution in [2.45, 2.75) is 26.2 Å². The van der Waals surface area contributed by atoms with E-state index in [1.165, 1.54) is 6.42 Å². The van der Waals surface area contributed by atoms with Crippen LogP contribution >= 0.6 is 0 Å². The van der Waals surface area contributed by atoms with Crippen molar-refractivity contribution in [1.29, 1.82) is 0 Å². The van der Waals surface area contributed by atoms with Crippen molar-refractivity contribution in [3.05, 3.63) is 0 Å². The third kappa shape index (κ3) is 2.30. The van der Waals surface area contributed by atoms with Gasteiger partial charge in [-0.05, 0) is 31.1 Å². The highest BCUT2D eigenvalue weighted by Crippen LogP contribution is 2.54. The van der Waals surface area contributed by atoms with Gasteiger partial charge in [-0.15, -0.1) is 0 Å². The van der Waals surface area contributed by atoms with Crippen molar-refractivity contribution in [3.63, 3.8) is 0 Å². The van der Waals surface area contributed by atoms with Crippen molar-refractivity contribution in [2.75, 3.05) is 6.54 Å². The minimum atomic E-state index is -0.857. The average Bonchev–Trinajstić information content (AvgIpc) is 2.81. The molecule has 0 bridgehead atoms. The molecule has 0 aromatic heterocycles. The normalized spacial score (nSPS) is 34.3. The number of nitrogens with one attached hydrogen (secondary N) is 1. The van der Waals surface area contributed by atoms with Crippen LogP contribution in [0.5, 0.6) is 0 Å². The highest BCUT2D eigenvalue weighted by Gasteiger charge is 2.47. The summed E-state index contributed by atoms with van der Waals surface area (Å²) in [6.45, 7) is 1.86. The number of carboxylic acids is 1. The first-order valence-corrected chi connectivity index (χ1v) is 5.58. The van der Waals surface area contributed by atoms with E-state index in [-0.39, 0.29) is 18.4 Å². The Hall–Kier alpha value is -1.06. The maximum Gasteiger partial charge on any atom is 0.308 e. The molecule has 0 heterocycles. The first-order chi connectivity index (χ1) is 7.08. The number of hydrogen-bond acceptors (Lipinski definition) is 2. The van der Waals surface area contributed by atoms with E-state index in [0.29, 0.717) is 0 Å². The summed E-state index contributed by atoms with van der Waals surface area (Å²) in [4.78, 5) is 22.2. The summed E-state index contributed by atoms with van der Waals surface area (Å²) in [5, 5.41) is 11.4. The van der Waals surface area contributed by atoms with Crippen LogP contribution in [0.3, 0.4) is 0 Å². The van der Waals surface area contributed by atoms with Crippen LogP contribution in [0.4, 0.5) is 0 Å². The Balaban J connectivity index is 1.70. The van der Waals surface area contributed by atoms with E-state index in [1.54, 1.807) is 6.92 Å². The van der Waals surface area contributed by atoms with E-state index < -0.39 is 11.9 Å². The summed E-state index contributed by atoms with van der Waals surface area (Å²) in [6, 6.07) is 0. The molecule has 0 radical (unpaired) electrons. The average molecular weight is 211 g/mol. The van der Waals surface area contributed by atoms with Crippen LogP contribution < -0.4 is 5.32 Å². The summed E-state index contributed by atoms with van der Waals surface area (Å²) >= 11 is 0. The predicted molar refractivity (Wildman–Crippen MR) is 54.1 cm³/mol. The lowest BCUT2D eigenvalue weighted by Crippen LogP contribution is -2.35. The van der Waals surface area contributed by atoms with Crippen molar-refractivity contribution >= 4 is 11.9 Å². The molecule has 2 aliphatic rings. The molecule has 4 nitrogen and oxygen atoms in total. The zero-order chi connectivity index (χ0) is 11.0. The number of hydrogen-bond donors (Lipinski definition) is 2. The van der Waals surface area contributed by atoms with Gasteiger partial charge < -0.3 is 10.4 Å². The van der Waals surface area contributed by atoms with Crippen molar-refractivity contribution < 1.29 is 14.7 Å². The highest BCUT2D eigenvalue weighted by atomic mass is 16.4. The van der Waals surface area contributed by atoms with E-state index in [4.69, 9.17) is 5.11 Å². The standard InChI is InChI=1S/C11H17NO3/c1-6(11(14)15)5-12-10(13)9-3-7-2-8(7)4-9/h6-9H,2-5H2,1H3,(H,12,13)(H,14,15). The summed E-state index contributed by atoms with van der Waals surface area (Å²) in [5.41, 5.74) is 0. The van der Waals surface area contributed by atoms with Crippen LogP contribution in [0.25, 0.3) is 0 Å². The number of fused-ring (bicyclic) bond motifs is 1. The monoisotopic (exact) mass is 211 g/mol. The molecular formula is C11H17NO3. The Morgan fingerprint density at radius 1 is 1.33 bits per heavy atom. The van der Waals surface area contributed by atoms with E-state index in [2.05, 4.69) is 5.32 Å². The molecule has 4 heteroatoms. The number of carbonyl (C=O) groups excluding carboxylic acids is 1. The van der Waals surface area contributed by atoms with Gasteiger partial charge in [0.05, 0.1) is 5.92 Å². The lowest BCUT2D eigenvalue weighted by molar-refractivity contribution is -0.141. The molecule has 0 aliphatic heterocycles. The van der Waals surface area contributed by atoms with Crippen LogP contribution in [0.15, 0.2) is 0 Å². The smallest absolute Gasteiger partial charge is 0.308 e. The fraction of sp³-hybridized carbons (Fsp3) is 0.818. The molecule has 1 amide bonds. The quantitative estimate of drug-likeness (QED) is 0.725. The minimum absolute atomic E-state index is 0.0512. The third-order valence-corrected chi connectivity index (χ3v) is 3.62. The van der Waals surface area contributed by atoms with Crippen molar-refractivity contribution in [3.8, 4) is 0 Å². The highest BCUT2D eigenvalue weighted by molar-refractivity contribution is 5.80. The van der Waals surface area contributed by atoms with Gasteiger partial charge >= 0.3 is 5.97 Å². The molecule has 3 atom stereocenters. The van der Waals surface area contributed by atoms with Gasteiger partial charge in [-0.1, -0.05) is 6.92 Å². The maximum atomic E-state index is 11.6. The van der Waals surface area contributed by atoms with Crippen LogP contribution in [-0.4, -0.2) is 23.5 Å². The van der Waals surface area contributed by atoms with Crippen molar-refractivity contribution in [2.24, 2.45) is 23.7 Å². The Kier molecular flexibility index (Phi) is 2.67. The fourth-order valence-electron chi connectivity index (χ4n) is 2.41. The summed E-state index contributed by atoms with van der Waals surface area (Å²) in [6.07, 6.45) is 3.32.